The lowest BCUT2D eigenvalue weighted by Crippen LogP contribution is -2.29. The lowest BCUT2D eigenvalue weighted by Gasteiger charge is -2.10. The lowest BCUT2D eigenvalue weighted by molar-refractivity contribution is -0.144. The molecule has 0 aromatic carbocycles. The average Bonchev–Trinajstić information content (AvgIpc) is 2.21. The topological polar surface area (TPSA) is 47.6 Å². The Kier molecular flexibility index (Phi) is 7.95. The fourth-order valence-electron chi connectivity index (χ4n) is 0.994. The summed E-state index contributed by atoms with van der Waals surface area (Å²) in [6.45, 7) is 10.0. The predicted octanol–water partition coefficient (Wildman–Crippen LogP) is 0.978. The van der Waals surface area contributed by atoms with Gasteiger partial charge in [-0.2, -0.15) is 0 Å². The van der Waals surface area contributed by atoms with Crippen LogP contribution < -0.4 is 5.32 Å². The second-order valence-corrected chi connectivity index (χ2v) is 3.64. The Morgan fingerprint density at radius 2 is 2.20 bits per heavy atom. The molecule has 0 aromatic rings. The normalized spacial score (nSPS) is 12.2. The van der Waals surface area contributed by atoms with Crippen LogP contribution in [0.5, 0.6) is 0 Å². The van der Waals surface area contributed by atoms with E-state index >= 15 is 0 Å². The minimum Gasteiger partial charge on any atom is -0.469 e. The van der Waals surface area contributed by atoms with Gasteiger partial charge in [0.1, 0.15) is 0 Å². The summed E-state index contributed by atoms with van der Waals surface area (Å²) in [6.07, 6.45) is 0. The summed E-state index contributed by atoms with van der Waals surface area (Å²) in [5.74, 6) is -0.304. The van der Waals surface area contributed by atoms with E-state index in [2.05, 4.69) is 16.6 Å². The lowest BCUT2D eigenvalue weighted by atomic mass is 10.2. The monoisotopic (exact) mass is 215 g/mol. The smallest absolute Gasteiger partial charge is 0.309 e. The number of esters is 1. The largest absolute Gasteiger partial charge is 0.469 e. The molecule has 0 bridgehead atoms. The van der Waals surface area contributed by atoms with Crippen molar-refractivity contribution < 1.29 is 14.3 Å². The SMILES string of the molecule is C=C(C)COCCNCC(C)C(=O)OC. The van der Waals surface area contributed by atoms with Gasteiger partial charge in [-0.15, -0.1) is 0 Å². The first-order valence-electron chi connectivity index (χ1n) is 5.08. The molecule has 4 nitrogen and oxygen atoms in total. The maximum atomic E-state index is 11.0. The van der Waals surface area contributed by atoms with Crippen LogP contribution in [0.25, 0.3) is 0 Å². The van der Waals surface area contributed by atoms with E-state index in [1.54, 1.807) is 0 Å². The first kappa shape index (κ1) is 14.1. The zero-order valence-corrected chi connectivity index (χ0v) is 9.84. The second kappa shape index (κ2) is 8.44. The van der Waals surface area contributed by atoms with Gasteiger partial charge in [0, 0.05) is 13.1 Å². The third kappa shape index (κ3) is 8.15. The van der Waals surface area contributed by atoms with Gasteiger partial charge in [0.15, 0.2) is 0 Å². The van der Waals surface area contributed by atoms with E-state index in [-0.39, 0.29) is 11.9 Å². The van der Waals surface area contributed by atoms with Crippen molar-refractivity contribution >= 4 is 5.97 Å². The van der Waals surface area contributed by atoms with Crippen molar-refractivity contribution in [1.82, 2.24) is 5.32 Å². The highest BCUT2D eigenvalue weighted by atomic mass is 16.5. The molecule has 0 saturated carbocycles. The molecule has 0 aromatic heterocycles. The van der Waals surface area contributed by atoms with E-state index in [0.717, 1.165) is 12.1 Å². The van der Waals surface area contributed by atoms with Crippen LogP contribution >= 0.6 is 0 Å². The minimum atomic E-state index is -0.189. The van der Waals surface area contributed by atoms with Crippen LogP contribution in [0.1, 0.15) is 13.8 Å². The van der Waals surface area contributed by atoms with Crippen molar-refractivity contribution in [3.63, 3.8) is 0 Å². The number of rotatable bonds is 8. The molecule has 0 radical (unpaired) electrons. The first-order chi connectivity index (χ1) is 7.07. The molecule has 1 N–H and O–H groups in total. The van der Waals surface area contributed by atoms with Crippen molar-refractivity contribution in [3.8, 4) is 0 Å². The molecule has 0 fully saturated rings. The molecule has 1 atom stereocenters. The van der Waals surface area contributed by atoms with Crippen LogP contribution in [0.2, 0.25) is 0 Å². The van der Waals surface area contributed by atoms with Gasteiger partial charge in [0.2, 0.25) is 0 Å². The molecule has 15 heavy (non-hydrogen) atoms. The second-order valence-electron chi connectivity index (χ2n) is 3.64. The molecule has 88 valence electrons. The number of hydrogen-bond acceptors (Lipinski definition) is 4. The summed E-state index contributed by atoms with van der Waals surface area (Å²) in [5, 5.41) is 3.12. The van der Waals surface area contributed by atoms with E-state index in [4.69, 9.17) is 4.74 Å². The molecule has 4 heteroatoms. The molecule has 0 aliphatic heterocycles. The number of nitrogens with one attached hydrogen (secondary N) is 1. The Labute approximate surface area is 91.6 Å². The van der Waals surface area contributed by atoms with Crippen molar-refractivity contribution in [3.05, 3.63) is 12.2 Å². The van der Waals surface area contributed by atoms with Gasteiger partial charge in [0.05, 0.1) is 26.2 Å². The molecule has 0 aliphatic carbocycles. The molecule has 0 spiro atoms. The van der Waals surface area contributed by atoms with Crippen molar-refractivity contribution in [2.24, 2.45) is 5.92 Å². The number of carbonyl (C=O) groups is 1. The van der Waals surface area contributed by atoms with Gasteiger partial charge in [-0.25, -0.2) is 0 Å². The number of ether oxygens (including phenoxy) is 2. The average molecular weight is 215 g/mol. The maximum absolute atomic E-state index is 11.0. The van der Waals surface area contributed by atoms with Gasteiger partial charge >= 0.3 is 5.97 Å². The molecular weight excluding hydrogens is 194 g/mol. The van der Waals surface area contributed by atoms with Gasteiger partial charge < -0.3 is 14.8 Å². The van der Waals surface area contributed by atoms with Crippen molar-refractivity contribution in [2.45, 2.75) is 13.8 Å². The van der Waals surface area contributed by atoms with Crippen LogP contribution in [0.3, 0.4) is 0 Å². The zero-order chi connectivity index (χ0) is 11.7. The summed E-state index contributed by atoms with van der Waals surface area (Å²) >= 11 is 0. The Balaban J connectivity index is 3.31. The first-order valence-corrected chi connectivity index (χ1v) is 5.08. The van der Waals surface area contributed by atoms with Gasteiger partial charge in [0.25, 0.3) is 0 Å². The van der Waals surface area contributed by atoms with E-state index in [0.29, 0.717) is 19.8 Å². The standard InChI is InChI=1S/C11H21NO3/c1-9(2)8-15-6-5-12-7-10(3)11(13)14-4/h10,12H,1,5-8H2,2-4H3. The summed E-state index contributed by atoms with van der Waals surface area (Å²) in [6, 6.07) is 0. The summed E-state index contributed by atoms with van der Waals surface area (Å²) in [4.78, 5) is 11.0. The van der Waals surface area contributed by atoms with E-state index in [1.165, 1.54) is 7.11 Å². The number of carbonyl (C=O) groups excluding carboxylic acids is 1. The molecule has 0 amide bonds. The van der Waals surface area contributed by atoms with Crippen LogP contribution in [-0.4, -0.2) is 39.4 Å². The molecule has 0 heterocycles. The third-order valence-electron chi connectivity index (χ3n) is 1.83. The van der Waals surface area contributed by atoms with Crippen LogP contribution in [0.15, 0.2) is 12.2 Å². The number of hydrogen-bond donors (Lipinski definition) is 1. The highest BCUT2D eigenvalue weighted by Gasteiger charge is 2.11. The highest BCUT2D eigenvalue weighted by molar-refractivity contribution is 5.71. The Bertz CT molecular complexity index is 204. The zero-order valence-electron chi connectivity index (χ0n) is 9.84. The Morgan fingerprint density at radius 1 is 1.53 bits per heavy atom. The Morgan fingerprint density at radius 3 is 2.73 bits per heavy atom. The Hall–Kier alpha value is -0.870. The molecule has 0 rings (SSSR count). The number of methoxy groups -OCH3 is 1. The maximum Gasteiger partial charge on any atom is 0.309 e. The molecule has 1 unspecified atom stereocenters. The van der Waals surface area contributed by atoms with Crippen molar-refractivity contribution in [1.29, 1.82) is 0 Å². The van der Waals surface area contributed by atoms with Gasteiger partial charge in [-0.3, -0.25) is 4.79 Å². The summed E-state index contributed by atoms with van der Waals surface area (Å²) in [5.41, 5.74) is 1.01. The van der Waals surface area contributed by atoms with Gasteiger partial charge in [-0.1, -0.05) is 19.1 Å². The van der Waals surface area contributed by atoms with Gasteiger partial charge in [-0.05, 0) is 6.92 Å². The molecular formula is C11H21NO3. The summed E-state index contributed by atoms with van der Waals surface area (Å²) < 4.78 is 9.89. The van der Waals surface area contributed by atoms with E-state index < -0.39 is 0 Å². The fourth-order valence-corrected chi connectivity index (χ4v) is 0.994. The minimum absolute atomic E-state index is 0.115. The predicted molar refractivity (Wildman–Crippen MR) is 59.7 cm³/mol. The van der Waals surface area contributed by atoms with E-state index in [1.807, 2.05) is 13.8 Å². The summed E-state index contributed by atoms with van der Waals surface area (Å²) in [7, 11) is 1.40. The van der Waals surface area contributed by atoms with Crippen LogP contribution in [0.4, 0.5) is 0 Å². The van der Waals surface area contributed by atoms with E-state index in [9.17, 15) is 4.79 Å². The van der Waals surface area contributed by atoms with Crippen LogP contribution in [0, 0.1) is 5.92 Å². The van der Waals surface area contributed by atoms with Crippen LogP contribution in [-0.2, 0) is 14.3 Å². The quantitative estimate of drug-likeness (QED) is 0.372. The fraction of sp³-hybridized carbons (Fsp3) is 0.727. The molecule has 0 aliphatic rings. The van der Waals surface area contributed by atoms with Crippen molar-refractivity contribution in [2.75, 3.05) is 33.4 Å². The molecule has 0 saturated heterocycles. The highest BCUT2D eigenvalue weighted by Crippen LogP contribution is 1.94. The third-order valence-corrected chi connectivity index (χ3v) is 1.83.